The fourth-order valence-electron chi connectivity index (χ4n) is 2.43. The molecule has 1 saturated carbocycles. The molecule has 4 heteroatoms. The zero-order chi connectivity index (χ0) is 10.8. The topological polar surface area (TPSA) is 57.2 Å². The SMILES string of the molecule is CC(C)C[C@@H]1CCCC[C@H]1S(=O)(=O)[O-]. The Kier molecular flexibility index (Phi) is 3.95. The predicted molar refractivity (Wildman–Crippen MR) is 54.9 cm³/mol. The van der Waals surface area contributed by atoms with Crippen molar-refractivity contribution in [3.63, 3.8) is 0 Å². The van der Waals surface area contributed by atoms with Gasteiger partial charge in [-0.05, 0) is 31.1 Å². The highest BCUT2D eigenvalue weighted by Gasteiger charge is 2.30. The maximum Gasteiger partial charge on any atom is 0.0978 e. The van der Waals surface area contributed by atoms with E-state index in [4.69, 9.17) is 0 Å². The Morgan fingerprint density at radius 2 is 1.86 bits per heavy atom. The Morgan fingerprint density at radius 3 is 2.36 bits per heavy atom. The standard InChI is InChI=1S/C10H20O3S/c1-8(2)7-9-5-3-4-6-10(9)14(11,12)13/h8-10H,3-7H2,1-2H3,(H,11,12,13)/p-1/t9-,10+/m0/s1. The Bertz CT molecular complexity index is 269. The van der Waals surface area contributed by atoms with Crippen LogP contribution in [0.15, 0.2) is 0 Å². The van der Waals surface area contributed by atoms with Crippen LogP contribution < -0.4 is 0 Å². The first kappa shape index (κ1) is 12.0. The van der Waals surface area contributed by atoms with E-state index in [1.807, 2.05) is 0 Å². The van der Waals surface area contributed by atoms with Crippen molar-refractivity contribution in [2.24, 2.45) is 11.8 Å². The van der Waals surface area contributed by atoms with E-state index >= 15 is 0 Å². The van der Waals surface area contributed by atoms with Crippen LogP contribution in [0, 0.1) is 11.8 Å². The molecule has 2 atom stereocenters. The second kappa shape index (κ2) is 4.62. The zero-order valence-electron chi connectivity index (χ0n) is 8.90. The molecule has 3 nitrogen and oxygen atoms in total. The number of hydrogen-bond acceptors (Lipinski definition) is 3. The summed E-state index contributed by atoms with van der Waals surface area (Å²) in [5, 5.41) is -0.612. The van der Waals surface area contributed by atoms with Crippen LogP contribution in [0.1, 0.15) is 46.0 Å². The van der Waals surface area contributed by atoms with Gasteiger partial charge in [0.05, 0.1) is 15.4 Å². The summed E-state index contributed by atoms with van der Waals surface area (Å²) in [6, 6.07) is 0. The van der Waals surface area contributed by atoms with Crippen molar-refractivity contribution in [2.45, 2.75) is 51.2 Å². The molecule has 0 aromatic heterocycles. The van der Waals surface area contributed by atoms with E-state index in [1.165, 1.54) is 0 Å². The summed E-state index contributed by atoms with van der Waals surface area (Å²) in [5.74, 6) is 0.577. The summed E-state index contributed by atoms with van der Waals surface area (Å²) in [4.78, 5) is 0. The second-order valence-electron chi connectivity index (χ2n) is 4.71. The molecule has 0 unspecified atom stereocenters. The van der Waals surface area contributed by atoms with E-state index in [0.29, 0.717) is 12.3 Å². The summed E-state index contributed by atoms with van der Waals surface area (Å²) in [6.07, 6.45) is 4.31. The maximum absolute atomic E-state index is 11.0. The van der Waals surface area contributed by atoms with Gasteiger partial charge in [0.15, 0.2) is 0 Å². The van der Waals surface area contributed by atoms with Crippen molar-refractivity contribution in [3.8, 4) is 0 Å². The highest BCUT2D eigenvalue weighted by atomic mass is 32.2. The molecule has 1 rings (SSSR count). The van der Waals surface area contributed by atoms with Crippen LogP contribution in [0.4, 0.5) is 0 Å². The van der Waals surface area contributed by atoms with Crippen molar-refractivity contribution in [1.29, 1.82) is 0 Å². The summed E-state index contributed by atoms with van der Waals surface area (Å²) < 4.78 is 33.1. The summed E-state index contributed by atoms with van der Waals surface area (Å²) in [6.45, 7) is 4.15. The summed E-state index contributed by atoms with van der Waals surface area (Å²) >= 11 is 0. The molecular weight excluding hydrogens is 200 g/mol. The molecule has 1 aliphatic rings. The lowest BCUT2D eigenvalue weighted by Crippen LogP contribution is -2.33. The fourth-order valence-corrected chi connectivity index (χ4v) is 3.60. The third-order valence-corrected chi connectivity index (χ3v) is 4.35. The summed E-state index contributed by atoms with van der Waals surface area (Å²) in [5.41, 5.74) is 0. The van der Waals surface area contributed by atoms with Gasteiger partial charge in [0.2, 0.25) is 0 Å². The molecule has 0 heterocycles. The fraction of sp³-hybridized carbons (Fsp3) is 1.00. The van der Waals surface area contributed by atoms with Gasteiger partial charge in [0.1, 0.15) is 0 Å². The Balaban J connectivity index is 2.69. The summed E-state index contributed by atoms with van der Waals surface area (Å²) in [7, 11) is -4.07. The van der Waals surface area contributed by atoms with E-state index in [0.717, 1.165) is 25.7 Å². The quantitative estimate of drug-likeness (QED) is 0.683. The van der Waals surface area contributed by atoms with Crippen molar-refractivity contribution in [3.05, 3.63) is 0 Å². The van der Waals surface area contributed by atoms with Crippen molar-refractivity contribution in [1.82, 2.24) is 0 Å². The van der Waals surface area contributed by atoms with Crippen LogP contribution in [0.2, 0.25) is 0 Å². The van der Waals surface area contributed by atoms with Crippen LogP contribution in [-0.4, -0.2) is 18.2 Å². The van der Waals surface area contributed by atoms with Crippen molar-refractivity contribution in [2.75, 3.05) is 0 Å². The average Bonchev–Trinajstić information content (AvgIpc) is 2.01. The van der Waals surface area contributed by atoms with E-state index in [-0.39, 0.29) is 5.92 Å². The van der Waals surface area contributed by atoms with Crippen LogP contribution in [0.3, 0.4) is 0 Å². The minimum atomic E-state index is -4.07. The van der Waals surface area contributed by atoms with Crippen LogP contribution in [0.25, 0.3) is 0 Å². The number of rotatable bonds is 3. The molecule has 0 saturated heterocycles. The van der Waals surface area contributed by atoms with Crippen molar-refractivity contribution < 1.29 is 13.0 Å². The molecule has 0 aromatic rings. The van der Waals surface area contributed by atoms with Crippen LogP contribution in [0.5, 0.6) is 0 Å². The van der Waals surface area contributed by atoms with Gasteiger partial charge in [-0.1, -0.05) is 26.7 Å². The molecule has 0 N–H and O–H groups in total. The molecule has 0 bridgehead atoms. The van der Waals surface area contributed by atoms with E-state index < -0.39 is 15.4 Å². The molecule has 1 fully saturated rings. The number of hydrogen-bond donors (Lipinski definition) is 0. The Morgan fingerprint density at radius 1 is 1.29 bits per heavy atom. The van der Waals surface area contributed by atoms with Gasteiger partial charge in [-0.3, -0.25) is 0 Å². The van der Waals surface area contributed by atoms with Gasteiger partial charge in [-0.25, -0.2) is 8.42 Å². The highest BCUT2D eigenvalue weighted by Crippen LogP contribution is 2.33. The smallest absolute Gasteiger partial charge is 0.0978 e. The molecule has 14 heavy (non-hydrogen) atoms. The average molecular weight is 219 g/mol. The Labute approximate surface area is 86.6 Å². The first-order valence-corrected chi connectivity index (χ1v) is 6.83. The third-order valence-electron chi connectivity index (χ3n) is 2.98. The van der Waals surface area contributed by atoms with Gasteiger partial charge < -0.3 is 4.55 Å². The largest absolute Gasteiger partial charge is 0.748 e. The zero-order valence-corrected chi connectivity index (χ0v) is 9.72. The van der Waals surface area contributed by atoms with Crippen LogP contribution in [-0.2, 0) is 10.1 Å². The van der Waals surface area contributed by atoms with E-state index in [9.17, 15) is 13.0 Å². The predicted octanol–water partition coefficient (Wildman–Crippen LogP) is 2.14. The lowest BCUT2D eigenvalue weighted by molar-refractivity contribution is 0.291. The molecule has 84 valence electrons. The molecule has 0 aromatic carbocycles. The monoisotopic (exact) mass is 219 g/mol. The minimum absolute atomic E-state index is 0.103. The van der Waals surface area contributed by atoms with Crippen molar-refractivity contribution >= 4 is 10.1 Å². The van der Waals surface area contributed by atoms with Crippen LogP contribution >= 0.6 is 0 Å². The van der Waals surface area contributed by atoms with Gasteiger partial charge in [-0.2, -0.15) is 0 Å². The normalized spacial score (nSPS) is 29.4. The minimum Gasteiger partial charge on any atom is -0.748 e. The lowest BCUT2D eigenvalue weighted by atomic mass is 9.83. The van der Waals surface area contributed by atoms with E-state index in [1.54, 1.807) is 0 Å². The van der Waals surface area contributed by atoms with E-state index in [2.05, 4.69) is 13.8 Å². The van der Waals surface area contributed by atoms with Gasteiger partial charge >= 0.3 is 0 Å². The molecule has 0 radical (unpaired) electrons. The first-order chi connectivity index (χ1) is 6.41. The highest BCUT2D eigenvalue weighted by molar-refractivity contribution is 7.86. The van der Waals surface area contributed by atoms with Gasteiger partial charge in [0, 0.05) is 0 Å². The molecule has 0 spiro atoms. The second-order valence-corrected chi connectivity index (χ2v) is 6.30. The molecular formula is C10H19O3S-. The lowest BCUT2D eigenvalue weighted by Gasteiger charge is -2.34. The maximum atomic E-state index is 11.0. The molecule has 0 aliphatic heterocycles. The Hall–Kier alpha value is -0.0900. The molecule has 0 amide bonds. The third kappa shape index (κ3) is 3.24. The van der Waals surface area contributed by atoms with Gasteiger partial charge in [-0.15, -0.1) is 0 Å². The first-order valence-electron chi connectivity index (χ1n) is 5.36. The van der Waals surface area contributed by atoms with Gasteiger partial charge in [0.25, 0.3) is 0 Å². The molecule has 1 aliphatic carbocycles.